The number of carbonyl (C=O) groups excluding carboxylic acids is 1. The summed E-state index contributed by atoms with van der Waals surface area (Å²) in [5.74, 6) is 0.838. The number of fused-ring (bicyclic) bond motifs is 1. The van der Waals surface area contributed by atoms with Gasteiger partial charge in [-0.05, 0) is 44.9 Å². The number of ether oxygens (including phenoxy) is 2. The lowest BCUT2D eigenvalue weighted by Gasteiger charge is -2.23. The first-order valence-corrected chi connectivity index (χ1v) is 8.37. The first-order valence-electron chi connectivity index (χ1n) is 8.37. The Morgan fingerprint density at radius 2 is 2.26 bits per heavy atom. The predicted octanol–water partition coefficient (Wildman–Crippen LogP) is 3.21. The van der Waals surface area contributed by atoms with Gasteiger partial charge in [-0.2, -0.15) is 0 Å². The Bertz CT molecular complexity index is 674. The minimum Gasteiger partial charge on any atom is -0.494 e. The van der Waals surface area contributed by atoms with Crippen LogP contribution < -0.4 is 4.74 Å². The molecular formula is C18H24N2O3. The van der Waals surface area contributed by atoms with Gasteiger partial charge in [0.15, 0.2) is 0 Å². The van der Waals surface area contributed by atoms with E-state index in [0.717, 1.165) is 36.1 Å². The van der Waals surface area contributed by atoms with Gasteiger partial charge in [0.25, 0.3) is 5.91 Å². The van der Waals surface area contributed by atoms with Crippen LogP contribution in [0.5, 0.6) is 5.75 Å². The van der Waals surface area contributed by atoms with E-state index >= 15 is 0 Å². The van der Waals surface area contributed by atoms with E-state index in [4.69, 9.17) is 9.47 Å². The number of aromatic amines is 1. The topological polar surface area (TPSA) is 54.6 Å². The van der Waals surface area contributed by atoms with Gasteiger partial charge in [-0.1, -0.05) is 0 Å². The van der Waals surface area contributed by atoms with E-state index in [1.54, 1.807) is 0 Å². The van der Waals surface area contributed by atoms with E-state index in [1.807, 2.05) is 43.0 Å². The minimum absolute atomic E-state index is 0.0251. The highest BCUT2D eigenvalue weighted by molar-refractivity contribution is 5.98. The normalized spacial score (nSPS) is 17.6. The van der Waals surface area contributed by atoms with Crippen LogP contribution in [-0.4, -0.2) is 48.2 Å². The van der Waals surface area contributed by atoms with Crippen molar-refractivity contribution in [2.45, 2.75) is 32.8 Å². The number of rotatable bonds is 6. The number of hydrogen-bond donors (Lipinski definition) is 1. The summed E-state index contributed by atoms with van der Waals surface area (Å²) in [4.78, 5) is 17.8. The predicted molar refractivity (Wildman–Crippen MR) is 90.0 cm³/mol. The van der Waals surface area contributed by atoms with E-state index in [-0.39, 0.29) is 12.0 Å². The highest BCUT2D eigenvalue weighted by Crippen LogP contribution is 2.23. The van der Waals surface area contributed by atoms with Crippen LogP contribution in [0, 0.1) is 0 Å². The zero-order chi connectivity index (χ0) is 16.2. The highest BCUT2D eigenvalue weighted by atomic mass is 16.5. The standard InChI is InChI=1S/C18H24N2O3/c1-3-20(12-15-6-5-9-23-15)18(21)17-10-13-7-8-14(22-4-2)11-16(13)19-17/h7-8,10-11,15,19H,3-6,9,12H2,1-2H3. The zero-order valence-electron chi connectivity index (χ0n) is 13.8. The minimum atomic E-state index is 0.0251. The number of aromatic nitrogens is 1. The lowest BCUT2D eigenvalue weighted by molar-refractivity contribution is 0.0535. The van der Waals surface area contributed by atoms with Crippen LogP contribution in [0.1, 0.15) is 37.2 Å². The summed E-state index contributed by atoms with van der Waals surface area (Å²) in [6.45, 7) is 6.74. The molecule has 5 nitrogen and oxygen atoms in total. The van der Waals surface area contributed by atoms with Crippen LogP contribution in [0.3, 0.4) is 0 Å². The Hall–Kier alpha value is -2.01. The van der Waals surface area contributed by atoms with Crippen LogP contribution >= 0.6 is 0 Å². The van der Waals surface area contributed by atoms with Crippen LogP contribution in [0.25, 0.3) is 10.9 Å². The molecular weight excluding hydrogens is 292 g/mol. The van der Waals surface area contributed by atoms with Gasteiger partial charge in [0.1, 0.15) is 11.4 Å². The Balaban J connectivity index is 1.78. The van der Waals surface area contributed by atoms with E-state index < -0.39 is 0 Å². The van der Waals surface area contributed by atoms with Crippen molar-refractivity contribution in [2.24, 2.45) is 0 Å². The molecule has 1 aromatic heterocycles. The molecule has 1 N–H and O–H groups in total. The molecule has 0 aliphatic carbocycles. The fourth-order valence-electron chi connectivity index (χ4n) is 3.04. The van der Waals surface area contributed by atoms with Crippen molar-refractivity contribution < 1.29 is 14.3 Å². The molecule has 1 atom stereocenters. The quantitative estimate of drug-likeness (QED) is 0.890. The maximum atomic E-state index is 12.8. The molecule has 1 amide bonds. The van der Waals surface area contributed by atoms with E-state index in [0.29, 0.717) is 25.4 Å². The van der Waals surface area contributed by atoms with Crippen LogP contribution in [0.2, 0.25) is 0 Å². The van der Waals surface area contributed by atoms with Crippen molar-refractivity contribution in [2.75, 3.05) is 26.3 Å². The number of nitrogens with zero attached hydrogens (tertiary/aromatic N) is 1. The van der Waals surface area contributed by atoms with Crippen molar-refractivity contribution >= 4 is 16.8 Å². The average Bonchev–Trinajstić information content (AvgIpc) is 3.21. The number of H-pyrrole nitrogens is 1. The molecule has 0 spiro atoms. The second-order valence-electron chi connectivity index (χ2n) is 5.84. The summed E-state index contributed by atoms with van der Waals surface area (Å²) in [6, 6.07) is 7.75. The molecule has 5 heteroatoms. The van der Waals surface area contributed by atoms with E-state index in [9.17, 15) is 4.79 Å². The van der Waals surface area contributed by atoms with Gasteiger partial charge in [-0.3, -0.25) is 4.79 Å². The molecule has 0 saturated carbocycles. The largest absolute Gasteiger partial charge is 0.494 e. The molecule has 0 radical (unpaired) electrons. The second kappa shape index (κ2) is 7.04. The second-order valence-corrected chi connectivity index (χ2v) is 5.84. The van der Waals surface area contributed by atoms with Crippen molar-refractivity contribution in [3.05, 3.63) is 30.0 Å². The van der Waals surface area contributed by atoms with Gasteiger partial charge in [-0.15, -0.1) is 0 Å². The molecule has 1 unspecified atom stereocenters. The number of nitrogens with one attached hydrogen (secondary N) is 1. The number of amides is 1. The SMILES string of the molecule is CCOc1ccc2cc(C(=O)N(CC)CC3CCCO3)[nH]c2c1. The highest BCUT2D eigenvalue weighted by Gasteiger charge is 2.23. The molecule has 1 aromatic carbocycles. The van der Waals surface area contributed by atoms with Gasteiger partial charge in [0.05, 0.1) is 12.7 Å². The molecule has 1 saturated heterocycles. The molecule has 1 aliphatic heterocycles. The summed E-state index contributed by atoms with van der Waals surface area (Å²) in [5, 5.41) is 1.02. The van der Waals surface area contributed by atoms with Crippen molar-refractivity contribution in [1.82, 2.24) is 9.88 Å². The molecule has 23 heavy (non-hydrogen) atoms. The molecule has 3 rings (SSSR count). The maximum Gasteiger partial charge on any atom is 0.270 e. The van der Waals surface area contributed by atoms with Gasteiger partial charge < -0.3 is 19.4 Å². The zero-order valence-corrected chi connectivity index (χ0v) is 13.8. The van der Waals surface area contributed by atoms with E-state index in [1.165, 1.54) is 0 Å². The fraction of sp³-hybridized carbons (Fsp3) is 0.500. The van der Waals surface area contributed by atoms with Crippen LogP contribution in [0.4, 0.5) is 0 Å². The first kappa shape index (κ1) is 15.9. The summed E-state index contributed by atoms with van der Waals surface area (Å²) in [6.07, 6.45) is 2.30. The molecule has 2 heterocycles. The fourth-order valence-corrected chi connectivity index (χ4v) is 3.04. The number of likely N-dealkylation sites (N-methyl/N-ethyl adjacent to an activating group) is 1. The Labute approximate surface area is 136 Å². The lowest BCUT2D eigenvalue weighted by Crippen LogP contribution is -2.37. The van der Waals surface area contributed by atoms with Gasteiger partial charge in [0, 0.05) is 36.7 Å². The van der Waals surface area contributed by atoms with E-state index in [2.05, 4.69) is 4.98 Å². The maximum absolute atomic E-state index is 12.8. The summed E-state index contributed by atoms with van der Waals surface area (Å²) in [5.41, 5.74) is 1.54. The van der Waals surface area contributed by atoms with Crippen LogP contribution in [-0.2, 0) is 4.74 Å². The molecule has 124 valence electrons. The molecule has 1 aliphatic rings. The monoisotopic (exact) mass is 316 g/mol. The Morgan fingerprint density at radius 1 is 1.39 bits per heavy atom. The van der Waals surface area contributed by atoms with Crippen molar-refractivity contribution in [3.63, 3.8) is 0 Å². The molecule has 1 fully saturated rings. The van der Waals surface area contributed by atoms with Gasteiger partial charge in [-0.25, -0.2) is 0 Å². The molecule has 0 bridgehead atoms. The number of hydrogen-bond acceptors (Lipinski definition) is 3. The van der Waals surface area contributed by atoms with Gasteiger partial charge >= 0.3 is 0 Å². The third kappa shape index (κ3) is 3.50. The summed E-state index contributed by atoms with van der Waals surface area (Å²) < 4.78 is 11.2. The Kier molecular flexibility index (Phi) is 4.86. The smallest absolute Gasteiger partial charge is 0.270 e. The van der Waals surface area contributed by atoms with Gasteiger partial charge in [0.2, 0.25) is 0 Å². The number of carbonyl (C=O) groups is 1. The molecule has 2 aromatic rings. The van der Waals surface area contributed by atoms with Crippen molar-refractivity contribution in [3.8, 4) is 5.75 Å². The summed E-state index contributed by atoms with van der Waals surface area (Å²) >= 11 is 0. The Morgan fingerprint density at radius 3 is 2.96 bits per heavy atom. The third-order valence-corrected chi connectivity index (χ3v) is 4.25. The van der Waals surface area contributed by atoms with Crippen LogP contribution in [0.15, 0.2) is 24.3 Å². The number of benzene rings is 1. The summed E-state index contributed by atoms with van der Waals surface area (Å²) in [7, 11) is 0. The first-order chi connectivity index (χ1) is 11.2. The lowest BCUT2D eigenvalue weighted by atomic mass is 10.2. The van der Waals surface area contributed by atoms with Crippen molar-refractivity contribution in [1.29, 1.82) is 0 Å². The third-order valence-electron chi connectivity index (χ3n) is 4.25. The average molecular weight is 316 g/mol.